The quantitative estimate of drug-likeness (QED) is 0.625. The number of likely N-dealkylation sites (N-methyl/N-ethyl adjacent to an activating group) is 1. The van der Waals surface area contributed by atoms with Crippen molar-refractivity contribution in [3.63, 3.8) is 0 Å². The fraction of sp³-hybridized carbons (Fsp3) is 0.625. The molecule has 2 N–H and O–H groups in total. The molecule has 6 heteroatoms. The van der Waals surface area contributed by atoms with Crippen LogP contribution in [0.2, 0.25) is 0 Å². The molecule has 2 rings (SSSR count). The third-order valence-corrected chi connectivity index (χ3v) is 3.86. The molecule has 1 fully saturated rings. The summed E-state index contributed by atoms with van der Waals surface area (Å²) in [5.74, 6) is 1.92. The molecule has 0 amide bonds. The van der Waals surface area contributed by atoms with Crippen LogP contribution in [0.25, 0.3) is 0 Å². The predicted octanol–water partition coefficient (Wildman–Crippen LogP) is 0.908. The number of rotatable bonds is 5. The second-order valence-electron chi connectivity index (χ2n) is 5.67. The van der Waals surface area contributed by atoms with Crippen LogP contribution in [-0.2, 0) is 6.54 Å². The van der Waals surface area contributed by atoms with E-state index in [-0.39, 0.29) is 0 Å². The molecule has 0 saturated carbocycles. The van der Waals surface area contributed by atoms with E-state index in [1.165, 1.54) is 5.56 Å². The van der Waals surface area contributed by atoms with Gasteiger partial charge in [0.05, 0.1) is 0 Å². The van der Waals surface area contributed by atoms with Crippen LogP contribution < -0.4 is 15.5 Å². The number of nitrogens with one attached hydrogen (secondary N) is 2. The number of hydrogen-bond acceptors (Lipinski definition) is 4. The minimum absolute atomic E-state index is 0.757. The van der Waals surface area contributed by atoms with Crippen molar-refractivity contribution in [1.82, 2.24) is 20.5 Å². The van der Waals surface area contributed by atoms with Gasteiger partial charge in [0, 0.05) is 52.5 Å². The minimum Gasteiger partial charge on any atom is -0.356 e. The molecular weight excluding hydrogens is 276 g/mol. The van der Waals surface area contributed by atoms with Crippen LogP contribution in [0, 0.1) is 0 Å². The SMILES string of the molecule is CCCNC(=NC)NCc1ccnc(N2CCN(C)CC2)c1. The van der Waals surface area contributed by atoms with Crippen LogP contribution in [-0.4, -0.2) is 62.7 Å². The molecule has 1 saturated heterocycles. The van der Waals surface area contributed by atoms with Crippen LogP contribution in [0.15, 0.2) is 23.3 Å². The lowest BCUT2D eigenvalue weighted by atomic mass is 10.2. The van der Waals surface area contributed by atoms with Gasteiger partial charge < -0.3 is 20.4 Å². The van der Waals surface area contributed by atoms with Crippen molar-refractivity contribution in [1.29, 1.82) is 0 Å². The highest BCUT2D eigenvalue weighted by atomic mass is 15.3. The largest absolute Gasteiger partial charge is 0.356 e. The zero-order chi connectivity index (χ0) is 15.8. The summed E-state index contributed by atoms with van der Waals surface area (Å²) < 4.78 is 0. The summed E-state index contributed by atoms with van der Waals surface area (Å²) in [4.78, 5) is 13.5. The molecule has 0 radical (unpaired) electrons. The summed E-state index contributed by atoms with van der Waals surface area (Å²) in [6, 6.07) is 4.23. The van der Waals surface area contributed by atoms with Gasteiger partial charge >= 0.3 is 0 Å². The maximum Gasteiger partial charge on any atom is 0.191 e. The third kappa shape index (κ3) is 4.87. The van der Waals surface area contributed by atoms with E-state index < -0.39 is 0 Å². The predicted molar refractivity (Wildman–Crippen MR) is 92.4 cm³/mol. The van der Waals surface area contributed by atoms with Gasteiger partial charge in [0.15, 0.2) is 5.96 Å². The van der Waals surface area contributed by atoms with Crippen LogP contribution in [0.5, 0.6) is 0 Å². The number of guanidine groups is 1. The molecule has 1 aromatic rings. The Morgan fingerprint density at radius 2 is 2.05 bits per heavy atom. The van der Waals surface area contributed by atoms with E-state index in [0.29, 0.717) is 0 Å². The van der Waals surface area contributed by atoms with E-state index >= 15 is 0 Å². The molecule has 122 valence electrons. The summed E-state index contributed by atoms with van der Waals surface area (Å²) >= 11 is 0. The smallest absolute Gasteiger partial charge is 0.191 e. The zero-order valence-electron chi connectivity index (χ0n) is 14.0. The van der Waals surface area contributed by atoms with Gasteiger partial charge in [-0.3, -0.25) is 4.99 Å². The molecule has 0 spiro atoms. The fourth-order valence-electron chi connectivity index (χ4n) is 2.43. The van der Waals surface area contributed by atoms with Crippen LogP contribution >= 0.6 is 0 Å². The first kappa shape index (κ1) is 16.5. The van der Waals surface area contributed by atoms with Crippen LogP contribution in [0.1, 0.15) is 18.9 Å². The Balaban J connectivity index is 1.91. The van der Waals surface area contributed by atoms with Crippen molar-refractivity contribution < 1.29 is 0 Å². The number of anilines is 1. The molecule has 0 bridgehead atoms. The Hall–Kier alpha value is -1.82. The van der Waals surface area contributed by atoms with Crippen LogP contribution in [0.3, 0.4) is 0 Å². The molecule has 2 heterocycles. The second kappa shape index (κ2) is 8.58. The van der Waals surface area contributed by atoms with Crippen LogP contribution in [0.4, 0.5) is 5.82 Å². The monoisotopic (exact) mass is 304 g/mol. The molecule has 1 aromatic heterocycles. The lowest BCUT2D eigenvalue weighted by molar-refractivity contribution is 0.312. The van der Waals surface area contributed by atoms with E-state index in [1.54, 1.807) is 7.05 Å². The number of aromatic nitrogens is 1. The highest BCUT2D eigenvalue weighted by Gasteiger charge is 2.15. The number of piperazine rings is 1. The first-order chi connectivity index (χ1) is 10.7. The molecule has 1 aliphatic rings. The van der Waals surface area contributed by atoms with E-state index in [4.69, 9.17) is 0 Å². The average molecular weight is 304 g/mol. The van der Waals surface area contributed by atoms with Gasteiger partial charge in [-0.05, 0) is 31.2 Å². The van der Waals surface area contributed by atoms with Gasteiger partial charge in [0.1, 0.15) is 5.82 Å². The van der Waals surface area contributed by atoms with Crippen molar-refractivity contribution in [3.05, 3.63) is 23.9 Å². The highest BCUT2D eigenvalue weighted by molar-refractivity contribution is 5.79. The number of aliphatic imine (C=N–C) groups is 1. The number of nitrogens with zero attached hydrogens (tertiary/aromatic N) is 4. The van der Waals surface area contributed by atoms with Gasteiger partial charge in [-0.1, -0.05) is 6.92 Å². The molecule has 6 nitrogen and oxygen atoms in total. The maximum absolute atomic E-state index is 4.52. The van der Waals surface area contributed by atoms with E-state index in [9.17, 15) is 0 Å². The number of pyridine rings is 1. The second-order valence-corrected chi connectivity index (χ2v) is 5.67. The Bertz CT molecular complexity index is 479. The minimum atomic E-state index is 0.757. The lowest BCUT2D eigenvalue weighted by Gasteiger charge is -2.33. The van der Waals surface area contributed by atoms with E-state index in [2.05, 4.69) is 56.5 Å². The fourth-order valence-corrected chi connectivity index (χ4v) is 2.43. The summed E-state index contributed by atoms with van der Waals surface area (Å²) in [5.41, 5.74) is 1.23. The Morgan fingerprint density at radius 1 is 1.27 bits per heavy atom. The topological polar surface area (TPSA) is 55.8 Å². The molecule has 0 unspecified atom stereocenters. The Kier molecular flexibility index (Phi) is 6.45. The number of hydrogen-bond donors (Lipinski definition) is 2. The van der Waals surface area contributed by atoms with Crippen molar-refractivity contribution in [3.8, 4) is 0 Å². The van der Waals surface area contributed by atoms with Gasteiger partial charge in [-0.15, -0.1) is 0 Å². The third-order valence-electron chi connectivity index (χ3n) is 3.86. The highest BCUT2D eigenvalue weighted by Crippen LogP contribution is 2.14. The standard InChI is InChI=1S/C16H28N6/c1-4-6-19-16(17-2)20-13-14-5-7-18-15(12-14)22-10-8-21(3)9-11-22/h5,7,12H,4,6,8-11,13H2,1-3H3,(H2,17,19,20). The average Bonchev–Trinajstić information content (AvgIpc) is 2.56. The van der Waals surface area contributed by atoms with Gasteiger partial charge in [-0.25, -0.2) is 4.98 Å². The molecule has 1 aliphatic heterocycles. The lowest BCUT2D eigenvalue weighted by Crippen LogP contribution is -2.44. The van der Waals surface area contributed by atoms with Gasteiger partial charge in [0.25, 0.3) is 0 Å². The Labute approximate surface area is 133 Å². The zero-order valence-corrected chi connectivity index (χ0v) is 14.0. The summed E-state index contributed by atoms with van der Waals surface area (Å²) in [7, 11) is 3.97. The Morgan fingerprint density at radius 3 is 2.73 bits per heavy atom. The van der Waals surface area contributed by atoms with Crippen molar-refractivity contribution in [2.45, 2.75) is 19.9 Å². The van der Waals surface area contributed by atoms with E-state index in [1.807, 2.05) is 6.20 Å². The molecular formula is C16H28N6. The summed E-state index contributed by atoms with van der Waals surface area (Å²) in [5, 5.41) is 6.62. The molecule has 0 aromatic carbocycles. The first-order valence-corrected chi connectivity index (χ1v) is 8.06. The van der Waals surface area contributed by atoms with Crippen molar-refractivity contribution >= 4 is 11.8 Å². The normalized spacial score (nSPS) is 16.7. The first-order valence-electron chi connectivity index (χ1n) is 8.06. The van der Waals surface area contributed by atoms with Crippen molar-refractivity contribution in [2.75, 3.05) is 51.7 Å². The van der Waals surface area contributed by atoms with Crippen molar-refractivity contribution in [2.24, 2.45) is 4.99 Å². The van der Waals surface area contributed by atoms with Gasteiger partial charge in [0.2, 0.25) is 0 Å². The summed E-state index contributed by atoms with van der Waals surface area (Å²) in [6.07, 6.45) is 2.98. The molecule has 0 aliphatic carbocycles. The van der Waals surface area contributed by atoms with Gasteiger partial charge in [-0.2, -0.15) is 0 Å². The van der Waals surface area contributed by atoms with E-state index in [0.717, 1.165) is 57.5 Å². The maximum atomic E-state index is 4.52. The molecule has 0 atom stereocenters. The molecule has 22 heavy (non-hydrogen) atoms. The summed E-state index contributed by atoms with van der Waals surface area (Å²) in [6.45, 7) is 8.11.